The van der Waals surface area contributed by atoms with Crippen LogP contribution in [0.3, 0.4) is 0 Å². The molecule has 3 aromatic rings. The lowest BCUT2D eigenvalue weighted by molar-refractivity contribution is 0.308. The minimum Gasteiger partial charge on any atom is -0.487 e. The van der Waals surface area contributed by atoms with Crippen LogP contribution >= 0.6 is 0 Å². The molecule has 0 bridgehead atoms. The van der Waals surface area contributed by atoms with Crippen LogP contribution in [0.1, 0.15) is 31.9 Å². The molecule has 0 aliphatic carbocycles. The van der Waals surface area contributed by atoms with Gasteiger partial charge >= 0.3 is 0 Å². The van der Waals surface area contributed by atoms with Crippen LogP contribution in [0.4, 0.5) is 11.4 Å². The summed E-state index contributed by atoms with van der Waals surface area (Å²) in [6.45, 7) is 7.04. The number of hydrogen-bond donors (Lipinski definition) is 4. The molecule has 0 atom stereocenters. The van der Waals surface area contributed by atoms with Crippen molar-refractivity contribution in [3.05, 3.63) is 90.0 Å². The molecule has 0 aliphatic heterocycles. The zero-order valence-corrected chi connectivity index (χ0v) is 20.1. The van der Waals surface area contributed by atoms with Gasteiger partial charge in [-0.1, -0.05) is 75.4 Å². The monoisotopic (exact) mass is 469 g/mol. The van der Waals surface area contributed by atoms with Crippen LogP contribution < -0.4 is 15.4 Å². The van der Waals surface area contributed by atoms with Gasteiger partial charge in [0.25, 0.3) is 10.1 Å². The van der Waals surface area contributed by atoms with E-state index in [2.05, 4.69) is 43.5 Å². The second-order valence-electron chi connectivity index (χ2n) is 8.46. The number of nitrogens with one attached hydrogen (secondary N) is 3. The van der Waals surface area contributed by atoms with E-state index in [0.29, 0.717) is 18.6 Å². The third-order valence-electron chi connectivity index (χ3n) is 4.40. The predicted octanol–water partition coefficient (Wildman–Crippen LogP) is 5.53. The summed E-state index contributed by atoms with van der Waals surface area (Å²) in [5.41, 5.74) is 4.09. The first-order valence-electron chi connectivity index (χ1n) is 10.3. The van der Waals surface area contributed by atoms with Crippen molar-refractivity contribution in [2.75, 3.05) is 16.9 Å². The summed E-state index contributed by atoms with van der Waals surface area (Å²) in [6.07, 6.45) is 0.715. The van der Waals surface area contributed by atoms with Gasteiger partial charge in [-0.05, 0) is 40.8 Å². The molecule has 4 N–H and O–H groups in total. The summed E-state index contributed by atoms with van der Waals surface area (Å²) < 4.78 is 31.8. The molecule has 0 aliphatic rings. The van der Waals surface area contributed by atoms with Crippen LogP contribution in [-0.2, 0) is 22.1 Å². The third kappa shape index (κ3) is 10.2. The molecule has 0 spiro atoms. The van der Waals surface area contributed by atoms with Crippen molar-refractivity contribution in [3.8, 4) is 5.75 Å². The van der Waals surface area contributed by atoms with E-state index in [9.17, 15) is 8.42 Å². The summed E-state index contributed by atoms with van der Waals surface area (Å²) in [6, 6.07) is 25.8. The van der Waals surface area contributed by atoms with Crippen molar-refractivity contribution in [1.29, 1.82) is 5.41 Å². The Balaban J connectivity index is 0.000000696. The molecular formula is C25H31N3O4S. The maximum atomic E-state index is 9.19. The maximum absolute atomic E-state index is 9.19. The molecule has 0 heterocycles. The zero-order valence-electron chi connectivity index (χ0n) is 19.3. The van der Waals surface area contributed by atoms with E-state index < -0.39 is 10.1 Å². The first-order valence-corrected chi connectivity index (χ1v) is 12.2. The van der Waals surface area contributed by atoms with E-state index in [1.165, 1.54) is 5.56 Å². The number of guanidine groups is 1. The summed E-state index contributed by atoms with van der Waals surface area (Å²) in [7, 11) is -3.67. The highest BCUT2D eigenvalue weighted by Crippen LogP contribution is 2.26. The van der Waals surface area contributed by atoms with Crippen LogP contribution in [0, 0.1) is 5.41 Å². The summed E-state index contributed by atoms with van der Waals surface area (Å²) in [4.78, 5) is 0. The fraction of sp³-hybridized carbons (Fsp3) is 0.240. The van der Waals surface area contributed by atoms with E-state index in [-0.39, 0.29) is 11.4 Å². The van der Waals surface area contributed by atoms with Gasteiger partial charge in [0.15, 0.2) is 5.96 Å². The Bertz CT molecular complexity index is 1130. The Labute approximate surface area is 196 Å². The van der Waals surface area contributed by atoms with Crippen molar-refractivity contribution in [2.45, 2.75) is 32.8 Å². The number of benzene rings is 3. The molecule has 0 unspecified atom stereocenters. The second-order valence-corrected chi connectivity index (χ2v) is 9.92. The molecule has 176 valence electrons. The Morgan fingerprint density at radius 1 is 0.909 bits per heavy atom. The maximum Gasteiger partial charge on any atom is 0.261 e. The standard InChI is InChI=1S/C24H27N3O.CH4O3S/c1-24(2,3)19-13-15-20(16-14-19)26-23(25)27-21-11-7-8-12-22(21)28-17-18-9-5-4-6-10-18;1-5(2,3)4/h4-16H,17H2,1-3H3,(H3,25,26,27);1H3,(H,2,3,4). The minimum atomic E-state index is -3.67. The van der Waals surface area contributed by atoms with Crippen molar-refractivity contribution < 1.29 is 17.7 Å². The number of hydrogen-bond acceptors (Lipinski definition) is 4. The number of para-hydroxylation sites is 2. The summed E-state index contributed by atoms with van der Waals surface area (Å²) in [5.74, 6) is 0.903. The third-order valence-corrected chi connectivity index (χ3v) is 4.40. The van der Waals surface area contributed by atoms with E-state index in [0.717, 1.165) is 16.9 Å². The minimum absolute atomic E-state index is 0.110. The van der Waals surface area contributed by atoms with Crippen LogP contribution in [0.2, 0.25) is 0 Å². The Morgan fingerprint density at radius 3 is 2.03 bits per heavy atom. The van der Waals surface area contributed by atoms with Gasteiger partial charge in [0.05, 0.1) is 11.9 Å². The first kappa shape index (κ1) is 25.9. The molecule has 0 amide bonds. The predicted molar refractivity (Wildman–Crippen MR) is 135 cm³/mol. The van der Waals surface area contributed by atoms with Gasteiger partial charge in [0.1, 0.15) is 12.4 Å². The lowest BCUT2D eigenvalue weighted by atomic mass is 9.87. The Kier molecular flexibility index (Phi) is 9.02. The van der Waals surface area contributed by atoms with Gasteiger partial charge in [0, 0.05) is 5.69 Å². The van der Waals surface area contributed by atoms with Gasteiger partial charge in [0.2, 0.25) is 0 Å². The molecule has 7 nitrogen and oxygen atoms in total. The largest absolute Gasteiger partial charge is 0.487 e. The fourth-order valence-electron chi connectivity index (χ4n) is 2.79. The summed E-state index contributed by atoms with van der Waals surface area (Å²) >= 11 is 0. The highest BCUT2D eigenvalue weighted by Gasteiger charge is 2.13. The normalized spacial score (nSPS) is 11.1. The van der Waals surface area contributed by atoms with E-state index in [1.807, 2.05) is 66.7 Å². The van der Waals surface area contributed by atoms with Gasteiger partial charge in [-0.15, -0.1) is 0 Å². The van der Waals surface area contributed by atoms with Gasteiger partial charge in [-0.25, -0.2) is 0 Å². The zero-order chi connectivity index (χ0) is 24.5. The van der Waals surface area contributed by atoms with E-state index >= 15 is 0 Å². The molecule has 8 heteroatoms. The lowest BCUT2D eigenvalue weighted by Crippen LogP contribution is -2.21. The molecule has 0 aromatic heterocycles. The molecular weight excluding hydrogens is 438 g/mol. The first-order chi connectivity index (χ1) is 15.4. The molecule has 3 aromatic carbocycles. The van der Waals surface area contributed by atoms with Crippen LogP contribution in [0.15, 0.2) is 78.9 Å². The fourth-order valence-corrected chi connectivity index (χ4v) is 2.79. The Morgan fingerprint density at radius 2 is 1.45 bits per heavy atom. The summed E-state index contributed by atoms with van der Waals surface area (Å²) in [5, 5.41) is 14.4. The lowest BCUT2D eigenvalue weighted by Gasteiger charge is -2.19. The average molecular weight is 470 g/mol. The number of anilines is 2. The molecule has 0 saturated heterocycles. The van der Waals surface area contributed by atoms with Gasteiger partial charge < -0.3 is 15.4 Å². The van der Waals surface area contributed by atoms with Crippen molar-refractivity contribution in [2.24, 2.45) is 0 Å². The van der Waals surface area contributed by atoms with Crippen molar-refractivity contribution in [3.63, 3.8) is 0 Å². The van der Waals surface area contributed by atoms with Crippen LogP contribution in [0.5, 0.6) is 5.75 Å². The van der Waals surface area contributed by atoms with E-state index in [4.69, 9.17) is 14.7 Å². The molecule has 33 heavy (non-hydrogen) atoms. The number of ether oxygens (including phenoxy) is 1. The molecule has 3 rings (SSSR count). The smallest absolute Gasteiger partial charge is 0.261 e. The Hall–Kier alpha value is -3.36. The van der Waals surface area contributed by atoms with Gasteiger partial charge in [-0.3, -0.25) is 9.96 Å². The van der Waals surface area contributed by atoms with Crippen LogP contribution in [-0.4, -0.2) is 25.2 Å². The quantitative estimate of drug-likeness (QED) is 0.222. The van der Waals surface area contributed by atoms with Crippen molar-refractivity contribution in [1.82, 2.24) is 0 Å². The molecule has 0 radical (unpaired) electrons. The number of rotatable bonds is 5. The highest BCUT2D eigenvalue weighted by atomic mass is 32.2. The van der Waals surface area contributed by atoms with Gasteiger partial charge in [-0.2, -0.15) is 8.42 Å². The highest BCUT2D eigenvalue weighted by molar-refractivity contribution is 7.85. The molecule has 0 fully saturated rings. The van der Waals surface area contributed by atoms with Crippen molar-refractivity contribution >= 4 is 27.5 Å². The van der Waals surface area contributed by atoms with Crippen LogP contribution in [0.25, 0.3) is 0 Å². The molecule has 0 saturated carbocycles. The average Bonchev–Trinajstić information content (AvgIpc) is 2.72. The SMILES string of the molecule is CC(C)(C)c1ccc(NC(=N)Nc2ccccc2OCc2ccccc2)cc1.CS(=O)(=O)O. The second kappa shape index (κ2) is 11.5. The van der Waals surface area contributed by atoms with E-state index in [1.54, 1.807) is 0 Å². The topological polar surface area (TPSA) is 112 Å².